The van der Waals surface area contributed by atoms with Gasteiger partial charge in [0.25, 0.3) is 0 Å². The molecule has 1 aromatic rings. The fourth-order valence-electron chi connectivity index (χ4n) is 3.94. The predicted molar refractivity (Wildman–Crippen MR) is 106 cm³/mol. The van der Waals surface area contributed by atoms with Gasteiger partial charge >= 0.3 is 6.09 Å². The molecule has 3 rings (SSSR count). The van der Waals surface area contributed by atoms with E-state index < -0.39 is 27.7 Å². The van der Waals surface area contributed by atoms with Gasteiger partial charge in [0.1, 0.15) is 6.04 Å². The molecule has 1 N–H and O–H groups in total. The zero-order chi connectivity index (χ0) is 21.1. The summed E-state index contributed by atoms with van der Waals surface area (Å²) in [6.45, 7) is 5.90. The van der Waals surface area contributed by atoms with Gasteiger partial charge < -0.3 is 14.6 Å². The summed E-state index contributed by atoms with van der Waals surface area (Å²) >= 11 is 0. The van der Waals surface area contributed by atoms with Crippen molar-refractivity contribution in [2.24, 2.45) is 0 Å². The Morgan fingerprint density at radius 1 is 1.17 bits per heavy atom. The van der Waals surface area contributed by atoms with Gasteiger partial charge in [-0.3, -0.25) is 0 Å². The van der Waals surface area contributed by atoms with Gasteiger partial charge in [0.15, 0.2) is 6.61 Å². The monoisotopic (exact) mass is 428 g/mol. The average Bonchev–Trinajstić information content (AvgIpc) is 3.15. The molecule has 2 fully saturated rings. The first-order valence-electron chi connectivity index (χ1n) is 10.4. The van der Waals surface area contributed by atoms with E-state index in [1.807, 2.05) is 20.8 Å². The minimum atomic E-state index is -3.41. The molecule has 10 heteroatoms. The number of amides is 1. The van der Waals surface area contributed by atoms with E-state index in [0.29, 0.717) is 13.0 Å². The molecule has 2 aliphatic rings. The van der Waals surface area contributed by atoms with E-state index in [1.54, 1.807) is 4.31 Å². The van der Waals surface area contributed by atoms with Crippen molar-refractivity contribution in [1.82, 2.24) is 19.8 Å². The van der Waals surface area contributed by atoms with Crippen LogP contribution in [0, 0.1) is 0 Å². The van der Waals surface area contributed by atoms with Gasteiger partial charge in [0.05, 0.1) is 5.25 Å². The third-order valence-electron chi connectivity index (χ3n) is 5.33. The number of ether oxygens (including phenoxy) is 1. The van der Waals surface area contributed by atoms with Crippen LogP contribution in [0.2, 0.25) is 0 Å². The van der Waals surface area contributed by atoms with Gasteiger partial charge in [0.2, 0.25) is 21.7 Å². The topological polar surface area (TPSA) is 115 Å². The third kappa shape index (κ3) is 5.69. The second kappa shape index (κ2) is 8.99. The first kappa shape index (κ1) is 22.0. The molecule has 164 valence electrons. The zero-order valence-electron chi connectivity index (χ0n) is 17.5. The summed E-state index contributed by atoms with van der Waals surface area (Å²) in [5.74, 6) is 0.503. The number of piperidine rings is 1. The van der Waals surface area contributed by atoms with Gasteiger partial charge in [-0.15, -0.1) is 0 Å². The van der Waals surface area contributed by atoms with Crippen LogP contribution in [0.15, 0.2) is 4.52 Å². The molecule has 1 aliphatic carbocycles. The summed E-state index contributed by atoms with van der Waals surface area (Å²) < 4.78 is 38.5. The third-order valence-corrected chi connectivity index (χ3v) is 7.74. The molecular formula is C19H32N4O5S. The summed E-state index contributed by atoms with van der Waals surface area (Å²) in [6.07, 6.45) is 6.28. The van der Waals surface area contributed by atoms with E-state index >= 15 is 0 Å². The average molecular weight is 429 g/mol. The highest BCUT2D eigenvalue weighted by Gasteiger charge is 2.41. The van der Waals surface area contributed by atoms with Crippen molar-refractivity contribution in [3.8, 4) is 0 Å². The fourth-order valence-corrected chi connectivity index (χ4v) is 6.19. The number of carbonyl (C=O) groups is 1. The van der Waals surface area contributed by atoms with Crippen molar-refractivity contribution in [2.75, 3.05) is 6.54 Å². The van der Waals surface area contributed by atoms with Crippen LogP contribution in [0.4, 0.5) is 4.79 Å². The minimum Gasteiger partial charge on any atom is -0.441 e. The first-order valence-corrected chi connectivity index (χ1v) is 12.0. The molecular weight excluding hydrogens is 396 g/mol. The highest BCUT2D eigenvalue weighted by atomic mass is 32.2. The number of nitrogens with zero attached hydrogens (tertiary/aromatic N) is 3. The number of sulfonamides is 1. The Morgan fingerprint density at radius 2 is 1.86 bits per heavy atom. The lowest BCUT2D eigenvalue weighted by Gasteiger charge is -2.36. The molecule has 1 aromatic heterocycles. The molecule has 29 heavy (non-hydrogen) atoms. The number of aromatic nitrogens is 2. The summed E-state index contributed by atoms with van der Waals surface area (Å²) in [5, 5.41) is 6.25. The Kier molecular flexibility index (Phi) is 6.83. The molecule has 0 spiro atoms. The molecule has 1 saturated carbocycles. The van der Waals surface area contributed by atoms with Crippen LogP contribution in [0.25, 0.3) is 0 Å². The minimum absolute atomic E-state index is 0.131. The summed E-state index contributed by atoms with van der Waals surface area (Å²) in [4.78, 5) is 16.1. The van der Waals surface area contributed by atoms with Crippen molar-refractivity contribution in [2.45, 2.75) is 95.6 Å². The second-order valence-electron chi connectivity index (χ2n) is 8.93. The van der Waals surface area contributed by atoms with E-state index in [2.05, 4.69) is 15.5 Å². The largest absolute Gasteiger partial charge is 0.441 e. The molecule has 1 atom stereocenters. The van der Waals surface area contributed by atoms with Gasteiger partial charge in [-0.05, 0) is 46.5 Å². The SMILES string of the molecule is CC(C)(C)NC(=O)OCc1noc([C@@H]2CCCCN2S(=O)(=O)C2CCCCC2)n1. The summed E-state index contributed by atoms with van der Waals surface area (Å²) in [6, 6.07) is -0.444. The predicted octanol–water partition coefficient (Wildman–Crippen LogP) is 3.28. The summed E-state index contributed by atoms with van der Waals surface area (Å²) in [7, 11) is -3.41. The van der Waals surface area contributed by atoms with Crippen molar-refractivity contribution >= 4 is 16.1 Å². The van der Waals surface area contributed by atoms with E-state index in [1.165, 1.54) is 0 Å². The Morgan fingerprint density at radius 3 is 2.55 bits per heavy atom. The molecule has 9 nitrogen and oxygen atoms in total. The normalized spacial score (nSPS) is 22.4. The first-order chi connectivity index (χ1) is 13.7. The molecule has 0 unspecified atom stereocenters. The van der Waals surface area contributed by atoms with Gasteiger partial charge in [0, 0.05) is 12.1 Å². The number of rotatable bonds is 5. The Hall–Kier alpha value is -1.68. The highest BCUT2D eigenvalue weighted by Crippen LogP contribution is 2.36. The molecule has 2 heterocycles. The maximum absolute atomic E-state index is 13.2. The highest BCUT2D eigenvalue weighted by molar-refractivity contribution is 7.89. The van der Waals surface area contributed by atoms with Crippen molar-refractivity contribution in [3.05, 3.63) is 11.7 Å². The molecule has 0 bridgehead atoms. The molecule has 0 aromatic carbocycles. The number of alkyl carbamates (subject to hydrolysis) is 1. The van der Waals surface area contributed by atoms with Crippen LogP contribution in [0.5, 0.6) is 0 Å². The van der Waals surface area contributed by atoms with Crippen LogP contribution in [0.3, 0.4) is 0 Å². The molecule has 0 radical (unpaired) electrons. The lowest BCUT2D eigenvalue weighted by molar-refractivity contribution is 0.127. The maximum Gasteiger partial charge on any atom is 0.407 e. The summed E-state index contributed by atoms with van der Waals surface area (Å²) in [5.41, 5.74) is -0.407. The van der Waals surface area contributed by atoms with Gasteiger partial charge in [-0.2, -0.15) is 9.29 Å². The Labute approximate surface area is 172 Å². The Bertz CT molecular complexity index is 796. The fraction of sp³-hybridized carbons (Fsp3) is 0.842. The van der Waals surface area contributed by atoms with Gasteiger partial charge in [-0.1, -0.05) is 30.8 Å². The smallest absolute Gasteiger partial charge is 0.407 e. The van der Waals surface area contributed by atoms with E-state index in [0.717, 1.165) is 44.9 Å². The van der Waals surface area contributed by atoms with Crippen molar-refractivity contribution in [1.29, 1.82) is 0 Å². The van der Waals surface area contributed by atoms with Gasteiger partial charge in [-0.25, -0.2) is 13.2 Å². The van der Waals surface area contributed by atoms with E-state index in [4.69, 9.17) is 9.26 Å². The van der Waals surface area contributed by atoms with Crippen LogP contribution in [-0.4, -0.2) is 46.3 Å². The lowest BCUT2D eigenvalue weighted by atomic mass is 10.0. The van der Waals surface area contributed by atoms with Crippen LogP contribution in [0.1, 0.15) is 89.9 Å². The molecule has 1 saturated heterocycles. The number of hydrogen-bond acceptors (Lipinski definition) is 7. The lowest BCUT2D eigenvalue weighted by Crippen LogP contribution is -2.44. The number of nitrogens with one attached hydrogen (secondary N) is 1. The number of carbonyl (C=O) groups excluding carboxylic acids is 1. The van der Waals surface area contributed by atoms with E-state index in [-0.39, 0.29) is 23.6 Å². The van der Waals surface area contributed by atoms with Crippen molar-refractivity contribution in [3.63, 3.8) is 0 Å². The molecule has 1 amide bonds. The van der Waals surface area contributed by atoms with Crippen LogP contribution in [-0.2, 0) is 21.4 Å². The van der Waals surface area contributed by atoms with Crippen molar-refractivity contribution < 1.29 is 22.5 Å². The Balaban J connectivity index is 1.67. The number of hydrogen-bond donors (Lipinski definition) is 1. The maximum atomic E-state index is 13.2. The quantitative estimate of drug-likeness (QED) is 0.765. The second-order valence-corrected chi connectivity index (χ2v) is 11.1. The zero-order valence-corrected chi connectivity index (χ0v) is 18.3. The standard InChI is InChI=1S/C19H32N4O5S/c1-19(2,3)21-18(24)27-13-16-20-17(28-22-16)15-11-7-8-12-23(15)29(25,26)14-9-5-4-6-10-14/h14-15H,4-13H2,1-3H3,(H,21,24)/t15-/m0/s1. The van der Waals surface area contributed by atoms with Crippen LogP contribution >= 0.6 is 0 Å². The van der Waals surface area contributed by atoms with Crippen LogP contribution < -0.4 is 5.32 Å². The molecule has 1 aliphatic heterocycles. The van der Waals surface area contributed by atoms with E-state index in [9.17, 15) is 13.2 Å².